The Hall–Kier alpha value is -4.48. The van der Waals surface area contributed by atoms with Gasteiger partial charge in [-0.3, -0.25) is 25.0 Å². The highest BCUT2D eigenvalue weighted by Gasteiger charge is 2.53. The van der Waals surface area contributed by atoms with Crippen molar-refractivity contribution < 1.29 is 24.0 Å². The molecule has 0 fully saturated rings. The van der Waals surface area contributed by atoms with Crippen LogP contribution in [0.5, 0.6) is 0 Å². The molecular formula is C27H29N6O6+. The fraction of sp³-hybridized carbons (Fsp3) is 0.407. The second-order valence-electron chi connectivity index (χ2n) is 9.92. The minimum Gasteiger partial charge on any atom is -0.469 e. The Balaban J connectivity index is 1.65. The SMILES string of the molecule is CCC1(C(CC(=O)OC)N=Nc2ccc([N+](=O)[O-])cc2[N+](=O)[O-])CCC[N+]2=C1c1[nH]c3ccccc3c1CC2. The fourth-order valence-electron chi connectivity index (χ4n) is 6.15. The van der Waals surface area contributed by atoms with Gasteiger partial charge in [0.05, 0.1) is 40.9 Å². The van der Waals surface area contributed by atoms with E-state index in [1.54, 1.807) is 0 Å². The largest absolute Gasteiger partial charge is 0.469 e. The number of ether oxygens (including phenoxy) is 1. The van der Waals surface area contributed by atoms with E-state index in [0.29, 0.717) is 6.42 Å². The molecule has 3 heterocycles. The van der Waals surface area contributed by atoms with Crippen LogP contribution >= 0.6 is 0 Å². The Labute approximate surface area is 223 Å². The fourth-order valence-corrected chi connectivity index (χ4v) is 6.15. The highest BCUT2D eigenvalue weighted by molar-refractivity contribution is 6.07. The smallest absolute Gasteiger partial charge is 0.307 e. The number of nitrogens with zero attached hydrogens (tertiary/aromatic N) is 5. The number of aromatic amines is 1. The molecule has 0 radical (unpaired) electrons. The van der Waals surface area contributed by atoms with Crippen molar-refractivity contribution in [3.63, 3.8) is 0 Å². The van der Waals surface area contributed by atoms with Gasteiger partial charge in [0.2, 0.25) is 5.71 Å². The normalized spacial score (nSPS) is 19.5. The number of benzene rings is 2. The van der Waals surface area contributed by atoms with Gasteiger partial charge in [-0.15, -0.1) is 5.11 Å². The number of esters is 1. The number of fused-ring (bicyclic) bond motifs is 4. The summed E-state index contributed by atoms with van der Waals surface area (Å²) in [4.78, 5) is 37.7. The first-order valence-electron chi connectivity index (χ1n) is 12.9. The molecule has 2 aliphatic heterocycles. The number of H-pyrrole nitrogens is 1. The number of hydrogen-bond donors (Lipinski definition) is 1. The Morgan fingerprint density at radius 2 is 1.97 bits per heavy atom. The van der Waals surface area contributed by atoms with Gasteiger partial charge < -0.3 is 9.72 Å². The van der Waals surface area contributed by atoms with Crippen LogP contribution in [0.25, 0.3) is 10.9 Å². The predicted molar refractivity (Wildman–Crippen MR) is 143 cm³/mol. The van der Waals surface area contributed by atoms with E-state index in [2.05, 4.69) is 32.8 Å². The molecule has 0 bridgehead atoms. The number of aromatic nitrogens is 1. The lowest BCUT2D eigenvalue weighted by Crippen LogP contribution is -2.52. The van der Waals surface area contributed by atoms with Gasteiger partial charge in [-0.1, -0.05) is 25.1 Å². The zero-order valence-corrected chi connectivity index (χ0v) is 21.8. The van der Waals surface area contributed by atoms with Gasteiger partial charge in [-0.2, -0.15) is 5.11 Å². The van der Waals surface area contributed by atoms with Crippen molar-refractivity contribution in [3.8, 4) is 0 Å². The molecule has 12 nitrogen and oxygen atoms in total. The summed E-state index contributed by atoms with van der Waals surface area (Å²) in [6.45, 7) is 3.77. The molecule has 0 saturated carbocycles. The molecule has 0 spiro atoms. The van der Waals surface area contributed by atoms with E-state index in [0.717, 1.165) is 61.4 Å². The minimum atomic E-state index is -0.721. The average Bonchev–Trinajstić information content (AvgIpc) is 3.33. The standard InChI is InChI=1S/C27H28N6O6/c1-3-27(12-6-13-31-14-11-19-18-7-4-5-8-20(18)28-25(19)26(27)31)23(16-24(34)39-2)30-29-21-10-9-17(32(35)36)15-22(21)33(37)38/h4-5,7-10,15,23H,3,6,11-14,16H2,1-2H3/p+1. The number of nitro benzene ring substituents is 2. The van der Waals surface area contributed by atoms with Gasteiger partial charge in [-0.25, -0.2) is 4.58 Å². The summed E-state index contributed by atoms with van der Waals surface area (Å²) in [6.07, 6.45) is 3.10. The third kappa shape index (κ3) is 4.55. The molecule has 5 rings (SSSR count). The summed E-state index contributed by atoms with van der Waals surface area (Å²) in [6, 6.07) is 10.7. The van der Waals surface area contributed by atoms with E-state index < -0.39 is 38.6 Å². The lowest BCUT2D eigenvalue weighted by molar-refractivity contribution is -0.538. The second-order valence-corrected chi connectivity index (χ2v) is 9.92. The third-order valence-corrected chi connectivity index (χ3v) is 8.05. The van der Waals surface area contributed by atoms with E-state index in [4.69, 9.17) is 4.74 Å². The van der Waals surface area contributed by atoms with Crippen LogP contribution in [0.3, 0.4) is 0 Å². The number of carbonyl (C=O) groups excluding carboxylic acids is 1. The first kappa shape index (κ1) is 26.1. The molecule has 2 atom stereocenters. The van der Waals surface area contributed by atoms with Crippen molar-refractivity contribution in [1.29, 1.82) is 0 Å². The number of carbonyl (C=O) groups is 1. The number of azo groups is 1. The number of rotatable bonds is 8. The van der Waals surface area contributed by atoms with E-state index >= 15 is 0 Å². The molecule has 1 N–H and O–H groups in total. The highest BCUT2D eigenvalue weighted by atomic mass is 16.6. The van der Waals surface area contributed by atoms with Gasteiger partial charge in [-0.05, 0) is 30.5 Å². The summed E-state index contributed by atoms with van der Waals surface area (Å²) < 4.78 is 7.38. The van der Waals surface area contributed by atoms with Crippen LogP contribution in [0, 0.1) is 25.6 Å². The Bertz CT molecular complexity index is 1540. The summed E-state index contributed by atoms with van der Waals surface area (Å²) >= 11 is 0. The quantitative estimate of drug-likeness (QED) is 0.137. The molecule has 1 aromatic heterocycles. The van der Waals surface area contributed by atoms with Gasteiger partial charge in [0, 0.05) is 29.8 Å². The molecule has 0 saturated heterocycles. The molecule has 0 aliphatic carbocycles. The molecule has 12 heteroatoms. The maximum atomic E-state index is 12.6. The maximum absolute atomic E-state index is 12.6. The average molecular weight is 534 g/mol. The number of non-ortho nitro benzene ring substituents is 1. The number of nitrogens with one attached hydrogen (secondary N) is 1. The minimum absolute atomic E-state index is 0.0679. The van der Waals surface area contributed by atoms with Crippen LogP contribution in [0.2, 0.25) is 0 Å². The lowest BCUT2D eigenvalue weighted by atomic mass is 9.66. The van der Waals surface area contributed by atoms with Gasteiger partial charge in [0.1, 0.15) is 18.8 Å². The van der Waals surface area contributed by atoms with Crippen molar-refractivity contribution in [3.05, 3.63) is 74.0 Å². The molecule has 2 unspecified atom stereocenters. The summed E-state index contributed by atoms with van der Waals surface area (Å²) in [5.74, 6) is -0.463. The molecule has 0 amide bonds. The van der Waals surface area contributed by atoms with E-state index in [9.17, 15) is 25.0 Å². The van der Waals surface area contributed by atoms with Crippen molar-refractivity contribution in [2.24, 2.45) is 15.6 Å². The first-order chi connectivity index (χ1) is 18.8. The molecule has 2 aliphatic rings. The number of para-hydroxylation sites is 1. The first-order valence-corrected chi connectivity index (χ1v) is 12.9. The molecular weight excluding hydrogens is 504 g/mol. The number of methoxy groups -OCH3 is 1. The van der Waals surface area contributed by atoms with E-state index in [-0.39, 0.29) is 12.1 Å². The van der Waals surface area contributed by atoms with Crippen LogP contribution in [-0.2, 0) is 16.0 Å². The van der Waals surface area contributed by atoms with Crippen LogP contribution < -0.4 is 0 Å². The van der Waals surface area contributed by atoms with Crippen molar-refractivity contribution >= 4 is 39.6 Å². The molecule has 2 aromatic carbocycles. The molecule has 3 aromatic rings. The van der Waals surface area contributed by atoms with E-state index in [1.807, 2.05) is 18.2 Å². The summed E-state index contributed by atoms with van der Waals surface area (Å²) in [7, 11) is 1.31. The topological polar surface area (TPSA) is 156 Å². The zero-order valence-electron chi connectivity index (χ0n) is 21.8. The van der Waals surface area contributed by atoms with Crippen LogP contribution in [0.4, 0.5) is 17.1 Å². The van der Waals surface area contributed by atoms with Gasteiger partial charge >= 0.3 is 11.7 Å². The number of nitro groups is 2. The number of hydrogen-bond acceptors (Lipinski definition) is 8. The van der Waals surface area contributed by atoms with Crippen molar-refractivity contribution in [2.75, 3.05) is 20.2 Å². The third-order valence-electron chi connectivity index (χ3n) is 8.05. The highest BCUT2D eigenvalue weighted by Crippen LogP contribution is 2.45. The second kappa shape index (κ2) is 10.4. The molecule has 39 heavy (non-hydrogen) atoms. The van der Waals surface area contributed by atoms with Gasteiger partial charge in [0.25, 0.3) is 5.69 Å². The lowest BCUT2D eigenvalue weighted by Gasteiger charge is -2.40. The van der Waals surface area contributed by atoms with Crippen LogP contribution in [0.1, 0.15) is 43.9 Å². The van der Waals surface area contributed by atoms with Gasteiger partial charge in [0.15, 0.2) is 5.69 Å². The van der Waals surface area contributed by atoms with Crippen LogP contribution in [0.15, 0.2) is 52.7 Å². The monoisotopic (exact) mass is 533 g/mol. The molecule has 202 valence electrons. The summed E-state index contributed by atoms with van der Waals surface area (Å²) in [5, 5.41) is 32.8. The van der Waals surface area contributed by atoms with E-state index in [1.165, 1.54) is 24.1 Å². The summed E-state index contributed by atoms with van der Waals surface area (Å²) in [5.41, 5.74) is 2.75. The van der Waals surface area contributed by atoms with Crippen LogP contribution in [-0.4, -0.2) is 57.3 Å². The Kier molecular flexibility index (Phi) is 6.94. The Morgan fingerprint density at radius 3 is 2.69 bits per heavy atom. The van der Waals surface area contributed by atoms with Crippen molar-refractivity contribution in [1.82, 2.24) is 4.98 Å². The maximum Gasteiger partial charge on any atom is 0.307 e. The zero-order chi connectivity index (χ0) is 27.7. The Morgan fingerprint density at radius 1 is 1.18 bits per heavy atom. The van der Waals surface area contributed by atoms with Crippen molar-refractivity contribution in [2.45, 2.75) is 45.1 Å². The predicted octanol–water partition coefficient (Wildman–Crippen LogP) is 5.25.